The fourth-order valence-electron chi connectivity index (χ4n) is 8.65. The van der Waals surface area contributed by atoms with Gasteiger partial charge in [-0.15, -0.1) is 0 Å². The van der Waals surface area contributed by atoms with E-state index >= 15 is 0 Å². The molecule has 0 bridgehead atoms. The minimum atomic E-state index is -4.50. The molecule has 72 heavy (non-hydrogen) atoms. The molecule has 2 N–H and O–H groups in total. The summed E-state index contributed by atoms with van der Waals surface area (Å²) in [6.07, 6.45) is -9.09. The maximum absolute atomic E-state index is 12.9. The maximum Gasteiger partial charge on any atom is 0.405 e. The van der Waals surface area contributed by atoms with Gasteiger partial charge in [-0.3, -0.25) is 19.2 Å². The standard InChI is InChI=1S/2C27H24ClF3N2O3/c2*1-16-11-17(13-18(28)12-16)26(2)14-23(33-36-26)21-7-8-22(20-6-4-3-5-19(20)21)24(34)9-10-25(35)32-15-27(29,30)31/h2*3-8,11-13H,9-10,14-15H2,1-2H3,(H,32,35)/t2*26-/m10/s1. The number of fused-ring (bicyclic) bond motifs is 2. The number of carbonyl (C=O) groups excluding carboxylic acids is 4. The molecule has 2 atom stereocenters. The van der Waals surface area contributed by atoms with Crippen LogP contribution in [0.1, 0.15) is 106 Å². The average molecular weight is 1030 g/mol. The van der Waals surface area contributed by atoms with E-state index in [0.717, 1.165) is 55.6 Å². The molecular weight excluding hydrogens is 986 g/mol. The Labute approximate surface area is 420 Å². The molecule has 0 aromatic heterocycles. The van der Waals surface area contributed by atoms with E-state index in [9.17, 15) is 45.5 Å². The second kappa shape index (κ2) is 21.5. The number of halogens is 8. The summed E-state index contributed by atoms with van der Waals surface area (Å²) in [5.74, 6) is -2.31. The number of benzene rings is 6. The molecular formula is C54H48Cl2F6N4O6. The van der Waals surface area contributed by atoms with Crippen LogP contribution < -0.4 is 10.6 Å². The van der Waals surface area contributed by atoms with Crippen molar-refractivity contribution >= 4 is 79.6 Å². The summed E-state index contributed by atoms with van der Waals surface area (Å²) in [7, 11) is 0. The van der Waals surface area contributed by atoms with Gasteiger partial charge in [0.25, 0.3) is 0 Å². The van der Waals surface area contributed by atoms with Crippen molar-refractivity contribution in [3.63, 3.8) is 0 Å². The number of hydrogen-bond donors (Lipinski definition) is 2. The molecule has 2 heterocycles. The highest BCUT2D eigenvalue weighted by molar-refractivity contribution is 6.31. The van der Waals surface area contributed by atoms with Crippen LogP contribution in [-0.2, 0) is 30.5 Å². The highest BCUT2D eigenvalue weighted by atomic mass is 35.5. The summed E-state index contributed by atoms with van der Waals surface area (Å²) in [4.78, 5) is 61.0. The summed E-state index contributed by atoms with van der Waals surface area (Å²) in [5.41, 5.74) is 6.28. The van der Waals surface area contributed by atoms with Gasteiger partial charge in [0.15, 0.2) is 22.8 Å². The summed E-state index contributed by atoms with van der Waals surface area (Å²) in [6.45, 7) is 4.96. The van der Waals surface area contributed by atoms with Crippen LogP contribution >= 0.6 is 23.2 Å². The van der Waals surface area contributed by atoms with Gasteiger partial charge in [-0.2, -0.15) is 26.3 Å². The molecule has 2 amide bonds. The number of Topliss-reactive ketones (excluding diaryl/α,β-unsaturated/α-hetero) is 2. The number of aryl methyl sites for hydroxylation is 2. The van der Waals surface area contributed by atoms with E-state index in [4.69, 9.17) is 32.9 Å². The van der Waals surface area contributed by atoms with Crippen LogP contribution in [0.3, 0.4) is 0 Å². The van der Waals surface area contributed by atoms with Crippen molar-refractivity contribution < 1.29 is 55.2 Å². The van der Waals surface area contributed by atoms with Crippen molar-refractivity contribution in [1.29, 1.82) is 0 Å². The third-order valence-corrected chi connectivity index (χ3v) is 12.7. The molecule has 18 heteroatoms. The van der Waals surface area contributed by atoms with E-state index in [2.05, 4.69) is 10.3 Å². The number of nitrogens with one attached hydrogen (secondary N) is 2. The summed E-state index contributed by atoms with van der Waals surface area (Å²) in [6, 6.07) is 33.0. The predicted octanol–water partition coefficient (Wildman–Crippen LogP) is 13.0. The quantitative estimate of drug-likeness (QED) is 0.0824. The largest absolute Gasteiger partial charge is 0.405 e. The highest BCUT2D eigenvalue weighted by Gasteiger charge is 2.39. The molecule has 6 aromatic carbocycles. The molecule has 0 radical (unpaired) electrons. The van der Waals surface area contributed by atoms with Crippen molar-refractivity contribution in [2.45, 2.75) is 89.8 Å². The number of oxime groups is 2. The van der Waals surface area contributed by atoms with Gasteiger partial charge in [0, 0.05) is 70.8 Å². The average Bonchev–Trinajstić information content (AvgIpc) is 3.93. The van der Waals surface area contributed by atoms with Crippen LogP contribution in [0.15, 0.2) is 120 Å². The zero-order valence-electron chi connectivity index (χ0n) is 39.4. The molecule has 0 unspecified atom stereocenters. The Morgan fingerprint density at radius 2 is 0.903 bits per heavy atom. The van der Waals surface area contributed by atoms with E-state index in [1.807, 2.05) is 88.4 Å². The third-order valence-electron chi connectivity index (χ3n) is 12.2. The lowest BCUT2D eigenvalue weighted by Gasteiger charge is -2.22. The van der Waals surface area contributed by atoms with Crippen LogP contribution in [0.5, 0.6) is 0 Å². The molecule has 10 nitrogen and oxygen atoms in total. The Hall–Kier alpha value is -6.78. The van der Waals surface area contributed by atoms with Crippen LogP contribution in [0.2, 0.25) is 10.0 Å². The monoisotopic (exact) mass is 1030 g/mol. The SMILES string of the molecule is Cc1cc(Cl)cc([C@@]2(C)CC(c3ccc(C(=O)CCC(=O)NCC(F)(F)F)c4ccccc34)=NO2)c1.Cc1cc(Cl)cc([C@]2(C)CC(c3ccc(C(=O)CCC(=O)NCC(F)(F)F)c4ccccc34)=NO2)c1. The lowest BCUT2D eigenvalue weighted by Crippen LogP contribution is -2.33. The van der Waals surface area contributed by atoms with Gasteiger partial charge in [-0.25, -0.2) is 0 Å². The molecule has 0 saturated carbocycles. The summed E-state index contributed by atoms with van der Waals surface area (Å²) < 4.78 is 73.8. The smallest absolute Gasteiger partial charge is 0.384 e. The molecule has 0 aliphatic carbocycles. The van der Waals surface area contributed by atoms with E-state index in [0.29, 0.717) is 44.8 Å². The van der Waals surface area contributed by atoms with E-state index < -0.39 is 48.5 Å². The van der Waals surface area contributed by atoms with Gasteiger partial charge in [-0.05, 0) is 95.8 Å². The van der Waals surface area contributed by atoms with Crippen molar-refractivity contribution in [2.75, 3.05) is 13.1 Å². The Morgan fingerprint density at radius 3 is 1.25 bits per heavy atom. The lowest BCUT2D eigenvalue weighted by atomic mass is 9.86. The van der Waals surface area contributed by atoms with Gasteiger partial charge in [-0.1, -0.05) is 118 Å². The van der Waals surface area contributed by atoms with Crippen LogP contribution in [0.25, 0.3) is 21.5 Å². The third kappa shape index (κ3) is 13.0. The highest BCUT2D eigenvalue weighted by Crippen LogP contribution is 2.41. The first-order valence-electron chi connectivity index (χ1n) is 22.7. The molecule has 8 rings (SSSR count). The van der Waals surface area contributed by atoms with Gasteiger partial charge < -0.3 is 20.3 Å². The van der Waals surface area contributed by atoms with E-state index in [1.54, 1.807) is 59.2 Å². The number of rotatable bonds is 14. The zero-order valence-corrected chi connectivity index (χ0v) is 40.9. The summed E-state index contributed by atoms with van der Waals surface area (Å²) >= 11 is 12.5. The first kappa shape index (κ1) is 53.0. The molecule has 0 saturated heterocycles. The minimum absolute atomic E-state index is 0.205. The first-order valence-corrected chi connectivity index (χ1v) is 23.5. The molecule has 6 aromatic rings. The van der Waals surface area contributed by atoms with Crippen molar-refractivity contribution in [2.24, 2.45) is 10.3 Å². The molecule has 2 aliphatic heterocycles. The number of nitrogens with zero attached hydrogens (tertiary/aromatic N) is 2. The number of alkyl halides is 6. The van der Waals surface area contributed by atoms with Gasteiger partial charge in [0.05, 0.1) is 11.4 Å². The Bertz CT molecular complexity index is 2910. The zero-order chi connectivity index (χ0) is 52.2. The number of amides is 2. The number of ketones is 2. The van der Waals surface area contributed by atoms with Gasteiger partial charge in [0.1, 0.15) is 13.1 Å². The van der Waals surface area contributed by atoms with Gasteiger partial charge in [0.2, 0.25) is 11.8 Å². The van der Waals surface area contributed by atoms with Crippen LogP contribution in [-0.4, -0.2) is 60.2 Å². The van der Waals surface area contributed by atoms with Crippen LogP contribution in [0.4, 0.5) is 26.3 Å². The molecule has 0 fully saturated rings. The second-order valence-corrected chi connectivity index (χ2v) is 19.0. The Kier molecular flexibility index (Phi) is 15.8. The maximum atomic E-state index is 12.9. The number of hydrogen-bond acceptors (Lipinski definition) is 8. The summed E-state index contributed by atoms with van der Waals surface area (Å²) in [5, 5.41) is 16.5. The Balaban J connectivity index is 0.000000211. The second-order valence-electron chi connectivity index (χ2n) is 18.2. The number of carbonyl (C=O) groups is 4. The minimum Gasteiger partial charge on any atom is -0.384 e. The predicted molar refractivity (Wildman–Crippen MR) is 265 cm³/mol. The van der Waals surface area contributed by atoms with E-state index in [-0.39, 0.29) is 37.2 Å². The fourth-order valence-corrected chi connectivity index (χ4v) is 9.23. The molecule has 0 spiro atoms. The topological polar surface area (TPSA) is 136 Å². The van der Waals surface area contributed by atoms with Crippen molar-refractivity contribution in [3.8, 4) is 0 Å². The van der Waals surface area contributed by atoms with Crippen molar-refractivity contribution in [3.05, 3.63) is 164 Å². The Morgan fingerprint density at radius 1 is 0.542 bits per heavy atom. The van der Waals surface area contributed by atoms with Crippen molar-refractivity contribution in [1.82, 2.24) is 10.6 Å². The first-order chi connectivity index (χ1) is 33.9. The normalized spacial score (nSPS) is 17.6. The lowest BCUT2D eigenvalue weighted by molar-refractivity contribution is -0.138. The van der Waals surface area contributed by atoms with Crippen LogP contribution in [0, 0.1) is 13.8 Å². The van der Waals surface area contributed by atoms with E-state index in [1.165, 1.54) is 0 Å². The van der Waals surface area contributed by atoms with Gasteiger partial charge >= 0.3 is 12.4 Å². The molecule has 376 valence electrons. The molecule has 2 aliphatic rings. The fraction of sp³-hybridized carbons (Fsp3) is 0.296.